The number of carbonyl (C=O) groups is 1. The van der Waals surface area contributed by atoms with Gasteiger partial charge < -0.3 is 14.4 Å². The maximum absolute atomic E-state index is 12.3. The number of carbonyl (C=O) groups excluding carboxylic acids is 1. The largest absolute Gasteiger partial charge is 0.493 e. The quantitative estimate of drug-likeness (QED) is 0.746. The molecule has 8 heteroatoms. The lowest BCUT2D eigenvalue weighted by molar-refractivity contribution is -0.130. The van der Waals surface area contributed by atoms with Crippen LogP contribution >= 0.6 is 0 Å². The summed E-state index contributed by atoms with van der Waals surface area (Å²) < 4.78 is 36.6. The predicted molar refractivity (Wildman–Crippen MR) is 95.4 cm³/mol. The van der Waals surface area contributed by atoms with E-state index in [-0.39, 0.29) is 18.2 Å². The summed E-state index contributed by atoms with van der Waals surface area (Å²) in [4.78, 5) is 14.0. The fourth-order valence-corrected chi connectivity index (χ4v) is 3.94. The second kappa shape index (κ2) is 8.53. The molecule has 0 saturated heterocycles. The zero-order valence-corrected chi connectivity index (χ0v) is 15.8. The van der Waals surface area contributed by atoms with Crippen molar-refractivity contribution in [3.05, 3.63) is 23.3 Å². The molecule has 1 aromatic carbocycles. The van der Waals surface area contributed by atoms with Crippen molar-refractivity contribution in [2.24, 2.45) is 0 Å². The first-order valence-corrected chi connectivity index (χ1v) is 10.0. The summed E-state index contributed by atoms with van der Waals surface area (Å²) in [6.07, 6.45) is 2.08. The molecule has 2 rings (SSSR count). The van der Waals surface area contributed by atoms with Crippen LogP contribution in [-0.2, 0) is 27.8 Å². The van der Waals surface area contributed by atoms with Gasteiger partial charge in [0.2, 0.25) is 15.9 Å². The molecule has 1 heterocycles. The highest BCUT2D eigenvalue weighted by Crippen LogP contribution is 2.33. The van der Waals surface area contributed by atoms with Gasteiger partial charge in [-0.3, -0.25) is 4.79 Å². The Hall–Kier alpha value is -1.80. The number of benzene rings is 1. The number of nitrogens with one attached hydrogen (secondary N) is 1. The molecule has 0 saturated carbocycles. The lowest BCUT2D eigenvalue weighted by atomic mass is 9.98. The molecule has 1 N–H and O–H groups in total. The van der Waals surface area contributed by atoms with Crippen LogP contribution in [0.4, 0.5) is 0 Å². The van der Waals surface area contributed by atoms with Crippen LogP contribution in [0, 0.1) is 0 Å². The van der Waals surface area contributed by atoms with Gasteiger partial charge in [-0.2, -0.15) is 0 Å². The lowest BCUT2D eigenvalue weighted by Gasteiger charge is -2.29. The molecule has 0 atom stereocenters. The number of sulfonamides is 1. The SMILES string of the molecule is CCCCS(=O)(=O)NCC(=O)N1CCc2cc(OC)c(OC)cc2C1. The number of hydrogen-bond acceptors (Lipinski definition) is 5. The van der Waals surface area contributed by atoms with Gasteiger partial charge >= 0.3 is 0 Å². The van der Waals surface area contributed by atoms with Crippen LogP contribution in [0.2, 0.25) is 0 Å². The van der Waals surface area contributed by atoms with Crippen LogP contribution in [0.1, 0.15) is 30.9 Å². The second-order valence-electron chi connectivity index (χ2n) is 6.03. The smallest absolute Gasteiger partial charge is 0.237 e. The molecule has 1 aliphatic rings. The van der Waals surface area contributed by atoms with Gasteiger partial charge in [-0.05, 0) is 36.1 Å². The molecule has 1 amide bonds. The minimum atomic E-state index is -3.39. The highest BCUT2D eigenvalue weighted by molar-refractivity contribution is 7.89. The molecule has 1 aliphatic heterocycles. The van der Waals surface area contributed by atoms with Crippen LogP contribution < -0.4 is 14.2 Å². The Morgan fingerprint density at radius 3 is 2.44 bits per heavy atom. The van der Waals surface area contributed by atoms with Gasteiger partial charge in [-0.25, -0.2) is 13.1 Å². The minimum Gasteiger partial charge on any atom is -0.493 e. The highest BCUT2D eigenvalue weighted by Gasteiger charge is 2.23. The molecular formula is C17H26N2O5S. The van der Waals surface area contributed by atoms with Crippen LogP contribution in [0.3, 0.4) is 0 Å². The van der Waals surface area contributed by atoms with E-state index in [2.05, 4.69) is 4.72 Å². The Labute approximate surface area is 149 Å². The Morgan fingerprint density at radius 1 is 1.20 bits per heavy atom. The van der Waals surface area contributed by atoms with Gasteiger partial charge in [0.25, 0.3) is 0 Å². The second-order valence-corrected chi connectivity index (χ2v) is 7.96. The van der Waals surface area contributed by atoms with Crippen molar-refractivity contribution >= 4 is 15.9 Å². The fraction of sp³-hybridized carbons (Fsp3) is 0.588. The number of rotatable bonds is 8. The molecule has 1 aromatic rings. The number of nitrogens with zero attached hydrogens (tertiary/aromatic N) is 1. The van der Waals surface area contributed by atoms with Crippen LogP contribution in [-0.4, -0.2) is 52.3 Å². The monoisotopic (exact) mass is 370 g/mol. The molecule has 0 aliphatic carbocycles. The van der Waals surface area contributed by atoms with Gasteiger partial charge in [0.05, 0.1) is 26.5 Å². The first-order valence-electron chi connectivity index (χ1n) is 8.39. The van der Waals surface area contributed by atoms with Crippen molar-refractivity contribution in [1.82, 2.24) is 9.62 Å². The average molecular weight is 370 g/mol. The highest BCUT2D eigenvalue weighted by atomic mass is 32.2. The van der Waals surface area contributed by atoms with Gasteiger partial charge in [-0.1, -0.05) is 13.3 Å². The topological polar surface area (TPSA) is 84.9 Å². The minimum absolute atomic E-state index is 0.0522. The lowest BCUT2D eigenvalue weighted by Crippen LogP contribution is -2.43. The molecular weight excluding hydrogens is 344 g/mol. The molecule has 140 valence electrons. The van der Waals surface area contributed by atoms with Crippen LogP contribution in [0.25, 0.3) is 0 Å². The molecule has 7 nitrogen and oxygen atoms in total. The summed E-state index contributed by atoms with van der Waals surface area (Å²) in [6.45, 7) is 2.72. The Balaban J connectivity index is 2.01. The van der Waals surface area contributed by atoms with Gasteiger partial charge in [-0.15, -0.1) is 0 Å². The van der Waals surface area contributed by atoms with E-state index in [0.29, 0.717) is 37.4 Å². The summed E-state index contributed by atoms with van der Waals surface area (Å²) in [6, 6.07) is 3.81. The average Bonchev–Trinajstić information content (AvgIpc) is 2.62. The van der Waals surface area contributed by atoms with Crippen LogP contribution in [0.5, 0.6) is 11.5 Å². The molecule has 0 unspecified atom stereocenters. The number of fused-ring (bicyclic) bond motifs is 1. The first kappa shape index (κ1) is 19.5. The first-order chi connectivity index (χ1) is 11.9. The molecule has 0 fully saturated rings. The normalized spacial score (nSPS) is 14.1. The van der Waals surface area contributed by atoms with Crippen molar-refractivity contribution < 1.29 is 22.7 Å². The number of unbranched alkanes of at least 4 members (excludes halogenated alkanes) is 1. The molecule has 0 spiro atoms. The third kappa shape index (κ3) is 5.09. The standard InChI is InChI=1S/C17H26N2O5S/c1-4-5-8-25(21,22)18-11-17(20)19-7-6-13-9-15(23-2)16(24-3)10-14(13)12-19/h9-10,18H,4-8,11-12H2,1-3H3. The summed E-state index contributed by atoms with van der Waals surface area (Å²) in [5, 5.41) is 0. The van der Waals surface area contributed by atoms with E-state index in [1.54, 1.807) is 19.1 Å². The number of amides is 1. The van der Waals surface area contributed by atoms with E-state index in [0.717, 1.165) is 17.5 Å². The van der Waals surface area contributed by atoms with E-state index >= 15 is 0 Å². The number of methoxy groups -OCH3 is 2. The number of hydrogen-bond donors (Lipinski definition) is 1. The Morgan fingerprint density at radius 2 is 1.84 bits per heavy atom. The summed E-state index contributed by atoms with van der Waals surface area (Å²) in [5.41, 5.74) is 2.11. The molecule has 0 bridgehead atoms. The van der Waals surface area contributed by atoms with Crippen molar-refractivity contribution in [3.63, 3.8) is 0 Å². The summed E-state index contributed by atoms with van der Waals surface area (Å²) >= 11 is 0. The van der Waals surface area contributed by atoms with E-state index in [9.17, 15) is 13.2 Å². The summed E-state index contributed by atoms with van der Waals surface area (Å²) in [5.74, 6) is 1.12. The number of ether oxygens (including phenoxy) is 2. The summed E-state index contributed by atoms with van der Waals surface area (Å²) in [7, 11) is -0.230. The van der Waals surface area contributed by atoms with Crippen molar-refractivity contribution in [1.29, 1.82) is 0 Å². The third-order valence-electron chi connectivity index (χ3n) is 4.28. The Bertz CT molecular complexity index is 718. The van der Waals surface area contributed by atoms with E-state index in [1.165, 1.54) is 0 Å². The van der Waals surface area contributed by atoms with Gasteiger partial charge in [0, 0.05) is 13.1 Å². The van der Waals surface area contributed by atoms with Crippen LogP contribution in [0.15, 0.2) is 12.1 Å². The van der Waals surface area contributed by atoms with Gasteiger partial charge in [0.15, 0.2) is 11.5 Å². The van der Waals surface area contributed by atoms with E-state index in [4.69, 9.17) is 9.47 Å². The molecule has 0 aromatic heterocycles. The maximum atomic E-state index is 12.3. The molecule has 25 heavy (non-hydrogen) atoms. The van der Waals surface area contributed by atoms with Gasteiger partial charge in [0.1, 0.15) is 0 Å². The van der Waals surface area contributed by atoms with E-state index < -0.39 is 10.0 Å². The van der Waals surface area contributed by atoms with Crippen molar-refractivity contribution in [2.75, 3.05) is 33.1 Å². The van der Waals surface area contributed by atoms with Crippen molar-refractivity contribution in [2.45, 2.75) is 32.7 Å². The molecule has 0 radical (unpaired) electrons. The zero-order valence-electron chi connectivity index (χ0n) is 15.0. The third-order valence-corrected chi connectivity index (χ3v) is 5.69. The maximum Gasteiger partial charge on any atom is 0.237 e. The zero-order chi connectivity index (χ0) is 18.4. The fourth-order valence-electron chi connectivity index (χ4n) is 2.79. The Kier molecular flexibility index (Phi) is 6.66. The predicted octanol–water partition coefficient (Wildman–Crippen LogP) is 1.31. The van der Waals surface area contributed by atoms with Crippen molar-refractivity contribution in [3.8, 4) is 11.5 Å². The van der Waals surface area contributed by atoms with E-state index in [1.807, 2.05) is 19.1 Å².